The molecule has 6 nitrogen and oxygen atoms in total. The lowest BCUT2D eigenvalue weighted by Crippen LogP contribution is -2.35. The molecule has 0 heterocycles. The van der Waals surface area contributed by atoms with E-state index in [1.807, 2.05) is 0 Å². The van der Waals surface area contributed by atoms with E-state index in [0.717, 1.165) is 0 Å². The van der Waals surface area contributed by atoms with Crippen LogP contribution in [0.25, 0.3) is 0 Å². The molecule has 1 aromatic rings. The van der Waals surface area contributed by atoms with Gasteiger partial charge >= 0.3 is 5.97 Å². The van der Waals surface area contributed by atoms with Crippen LogP contribution in [0.1, 0.15) is 6.42 Å². The summed E-state index contributed by atoms with van der Waals surface area (Å²) in [5.74, 6) is -0.942. The fourth-order valence-corrected chi connectivity index (χ4v) is 1.30. The molecule has 0 radical (unpaired) electrons. The molecule has 0 fully saturated rings. The van der Waals surface area contributed by atoms with Gasteiger partial charge in [-0.05, 0) is 30.7 Å². The van der Waals surface area contributed by atoms with Gasteiger partial charge in [0.15, 0.2) is 6.61 Å². The summed E-state index contributed by atoms with van der Waals surface area (Å²) in [5, 5.41) is 11.1. The molecule has 1 amide bonds. The van der Waals surface area contributed by atoms with Crippen LogP contribution in [0.4, 0.5) is 5.69 Å². The van der Waals surface area contributed by atoms with E-state index in [2.05, 4.69) is 11.9 Å². The minimum Gasteiger partial charge on any atom is -0.482 e. The number of nitrogens with one attached hydrogen (secondary N) is 1. The Kier molecular flexibility index (Phi) is 5.56. The van der Waals surface area contributed by atoms with E-state index < -0.39 is 18.6 Å². The Morgan fingerprint density at radius 2 is 2.05 bits per heavy atom. The Labute approximate surface area is 110 Å². The molecule has 1 atom stereocenters. The first-order valence-electron chi connectivity index (χ1n) is 5.65. The first-order chi connectivity index (χ1) is 9.02. The second kappa shape index (κ2) is 7.17. The highest BCUT2D eigenvalue weighted by atomic mass is 16.5. The molecule has 1 unspecified atom stereocenters. The van der Waals surface area contributed by atoms with Crippen molar-refractivity contribution in [3.05, 3.63) is 36.9 Å². The van der Waals surface area contributed by atoms with E-state index in [0.29, 0.717) is 17.9 Å². The Balaban J connectivity index is 2.54. The number of carbonyl (C=O) groups is 2. The maximum absolute atomic E-state index is 11.6. The molecule has 0 spiro atoms. The molecule has 0 saturated carbocycles. The van der Waals surface area contributed by atoms with E-state index in [4.69, 9.17) is 15.6 Å². The van der Waals surface area contributed by atoms with Gasteiger partial charge in [0.25, 0.3) is 0 Å². The summed E-state index contributed by atoms with van der Waals surface area (Å²) in [6.07, 6.45) is 1.97. The summed E-state index contributed by atoms with van der Waals surface area (Å²) >= 11 is 0. The van der Waals surface area contributed by atoms with Crippen LogP contribution in [-0.4, -0.2) is 29.6 Å². The van der Waals surface area contributed by atoms with Gasteiger partial charge in [0.1, 0.15) is 5.75 Å². The van der Waals surface area contributed by atoms with Crippen LogP contribution < -0.4 is 15.8 Å². The highest BCUT2D eigenvalue weighted by Gasteiger charge is 2.11. The Hall–Kier alpha value is -2.34. The third-order valence-electron chi connectivity index (χ3n) is 2.24. The summed E-state index contributed by atoms with van der Waals surface area (Å²) < 4.78 is 4.96. The molecule has 0 aliphatic rings. The minimum absolute atomic E-state index is 0.306. The number of benzene rings is 1. The molecule has 0 bridgehead atoms. The number of anilines is 1. The quantitative estimate of drug-likeness (QED) is 0.637. The van der Waals surface area contributed by atoms with E-state index in [1.54, 1.807) is 30.3 Å². The number of carbonyl (C=O) groups excluding carboxylic acids is 1. The number of carboxylic acids is 1. The van der Waals surface area contributed by atoms with Gasteiger partial charge in [0.05, 0.1) is 6.04 Å². The minimum atomic E-state index is -1.05. The summed E-state index contributed by atoms with van der Waals surface area (Å²) in [6, 6.07) is 5.71. The number of nitrogens with two attached hydrogens (primary N) is 1. The number of amides is 1. The van der Waals surface area contributed by atoms with E-state index in [1.165, 1.54) is 0 Å². The Bertz CT molecular complexity index is 456. The van der Waals surface area contributed by atoms with E-state index >= 15 is 0 Å². The molecule has 1 aromatic carbocycles. The van der Waals surface area contributed by atoms with Gasteiger partial charge in [-0.25, -0.2) is 4.79 Å². The SMILES string of the molecule is C=CCC(N)C(=O)Nc1ccc(OCC(=O)O)cc1. The van der Waals surface area contributed by atoms with Crippen LogP contribution in [0.15, 0.2) is 36.9 Å². The molecule has 1 rings (SSSR count). The van der Waals surface area contributed by atoms with Gasteiger partial charge in [0, 0.05) is 5.69 Å². The molecule has 0 saturated heterocycles. The lowest BCUT2D eigenvalue weighted by molar-refractivity contribution is -0.139. The number of ether oxygens (including phenoxy) is 1. The first-order valence-corrected chi connectivity index (χ1v) is 5.65. The van der Waals surface area contributed by atoms with Gasteiger partial charge in [-0.1, -0.05) is 6.08 Å². The fraction of sp³-hybridized carbons (Fsp3) is 0.231. The normalized spacial score (nSPS) is 11.4. The van der Waals surface area contributed by atoms with Gasteiger partial charge in [-0.3, -0.25) is 4.79 Å². The molecular weight excluding hydrogens is 248 g/mol. The summed E-state index contributed by atoms with van der Waals surface area (Å²) in [6.45, 7) is 3.11. The van der Waals surface area contributed by atoms with Gasteiger partial charge in [0.2, 0.25) is 5.91 Å². The molecule has 0 aliphatic heterocycles. The van der Waals surface area contributed by atoms with E-state index in [-0.39, 0.29) is 5.91 Å². The summed E-state index contributed by atoms with van der Waals surface area (Å²) in [7, 11) is 0. The largest absolute Gasteiger partial charge is 0.482 e. The first kappa shape index (κ1) is 14.7. The third-order valence-corrected chi connectivity index (χ3v) is 2.24. The lowest BCUT2D eigenvalue weighted by atomic mass is 10.2. The van der Waals surface area contributed by atoms with Gasteiger partial charge in [-0.2, -0.15) is 0 Å². The van der Waals surface area contributed by atoms with Crippen LogP contribution in [0.2, 0.25) is 0 Å². The molecule has 6 heteroatoms. The average molecular weight is 264 g/mol. The Morgan fingerprint density at radius 3 is 2.58 bits per heavy atom. The number of hydrogen-bond acceptors (Lipinski definition) is 4. The second-order valence-electron chi connectivity index (χ2n) is 3.83. The fourth-order valence-electron chi connectivity index (χ4n) is 1.30. The van der Waals surface area contributed by atoms with Crippen molar-refractivity contribution in [1.29, 1.82) is 0 Å². The highest BCUT2D eigenvalue weighted by molar-refractivity contribution is 5.94. The van der Waals surface area contributed by atoms with Crippen molar-refractivity contribution in [3.8, 4) is 5.75 Å². The zero-order chi connectivity index (χ0) is 14.3. The van der Waals surface area contributed by atoms with Crippen molar-refractivity contribution in [2.75, 3.05) is 11.9 Å². The maximum Gasteiger partial charge on any atom is 0.341 e. The lowest BCUT2D eigenvalue weighted by Gasteiger charge is -2.10. The van der Waals surface area contributed by atoms with Crippen molar-refractivity contribution < 1.29 is 19.4 Å². The zero-order valence-electron chi connectivity index (χ0n) is 10.3. The number of carboxylic acid groups (broad SMARTS) is 1. The topological polar surface area (TPSA) is 102 Å². The number of hydrogen-bond donors (Lipinski definition) is 3. The van der Waals surface area contributed by atoms with Crippen molar-refractivity contribution in [1.82, 2.24) is 0 Å². The average Bonchev–Trinajstić information content (AvgIpc) is 2.38. The van der Waals surface area contributed by atoms with Crippen LogP contribution in [0.5, 0.6) is 5.75 Å². The van der Waals surface area contributed by atoms with Gasteiger partial charge in [-0.15, -0.1) is 6.58 Å². The number of aliphatic carboxylic acids is 1. The molecular formula is C13H16N2O4. The predicted octanol–water partition coefficient (Wildman–Crippen LogP) is 0.992. The molecule has 102 valence electrons. The highest BCUT2D eigenvalue weighted by Crippen LogP contribution is 2.15. The summed E-state index contributed by atoms with van der Waals surface area (Å²) in [5.41, 5.74) is 6.18. The van der Waals surface area contributed by atoms with Crippen LogP contribution in [0, 0.1) is 0 Å². The monoisotopic (exact) mass is 264 g/mol. The van der Waals surface area contributed by atoms with Crippen LogP contribution in [-0.2, 0) is 9.59 Å². The number of rotatable bonds is 7. The Morgan fingerprint density at radius 1 is 1.42 bits per heavy atom. The van der Waals surface area contributed by atoms with Crippen molar-refractivity contribution in [2.45, 2.75) is 12.5 Å². The second-order valence-corrected chi connectivity index (χ2v) is 3.83. The standard InChI is InChI=1S/C13H16N2O4/c1-2-3-11(14)13(18)15-9-4-6-10(7-5-9)19-8-12(16)17/h2,4-7,11H,1,3,8,14H2,(H,15,18)(H,16,17). The molecule has 4 N–H and O–H groups in total. The van der Waals surface area contributed by atoms with Crippen molar-refractivity contribution >= 4 is 17.6 Å². The van der Waals surface area contributed by atoms with Crippen LogP contribution >= 0.6 is 0 Å². The molecule has 0 aromatic heterocycles. The van der Waals surface area contributed by atoms with Crippen molar-refractivity contribution in [2.24, 2.45) is 5.73 Å². The zero-order valence-corrected chi connectivity index (χ0v) is 10.3. The van der Waals surface area contributed by atoms with Crippen LogP contribution in [0.3, 0.4) is 0 Å². The molecule has 19 heavy (non-hydrogen) atoms. The van der Waals surface area contributed by atoms with Gasteiger partial charge < -0.3 is 20.9 Å². The van der Waals surface area contributed by atoms with E-state index in [9.17, 15) is 9.59 Å². The smallest absolute Gasteiger partial charge is 0.341 e. The maximum atomic E-state index is 11.6. The third kappa shape index (κ3) is 5.22. The predicted molar refractivity (Wildman–Crippen MR) is 71.0 cm³/mol. The molecule has 0 aliphatic carbocycles. The summed E-state index contributed by atoms with van der Waals surface area (Å²) in [4.78, 5) is 21.9. The van der Waals surface area contributed by atoms with Crippen molar-refractivity contribution in [3.63, 3.8) is 0 Å².